The molecule has 4 nitrogen and oxygen atoms in total. The first kappa shape index (κ1) is 11.8. The van der Waals surface area contributed by atoms with Crippen LogP contribution in [0.25, 0.3) is 0 Å². The van der Waals surface area contributed by atoms with Gasteiger partial charge in [-0.3, -0.25) is 9.59 Å². The molecule has 0 fully saturated rings. The van der Waals surface area contributed by atoms with Crippen molar-refractivity contribution >= 4 is 23.0 Å². The summed E-state index contributed by atoms with van der Waals surface area (Å²) in [5.74, 6) is -0.206. The van der Waals surface area contributed by atoms with Crippen molar-refractivity contribution in [3.05, 3.63) is 16.1 Å². The Kier molecular flexibility index (Phi) is 3.96. The normalized spacial score (nSPS) is 10.1. The lowest BCUT2D eigenvalue weighted by atomic mass is 10.4. The van der Waals surface area contributed by atoms with Crippen LogP contribution in [0.2, 0.25) is 0 Å². The first-order chi connectivity index (χ1) is 7.10. The summed E-state index contributed by atoms with van der Waals surface area (Å²) in [7, 11) is 0. The van der Waals surface area contributed by atoms with E-state index in [1.807, 2.05) is 13.8 Å². The standard InChI is InChI=1S/C10H14N2O2S/c1-4-12(5-2)10(14)8-6-15-9(11-8)7(3)13/h6H,4-5H2,1-3H3. The monoisotopic (exact) mass is 226 g/mol. The molecule has 0 aromatic carbocycles. The van der Waals surface area contributed by atoms with Crippen molar-refractivity contribution in [2.24, 2.45) is 0 Å². The molecule has 15 heavy (non-hydrogen) atoms. The van der Waals surface area contributed by atoms with Crippen LogP contribution < -0.4 is 0 Å². The van der Waals surface area contributed by atoms with Gasteiger partial charge in [0.15, 0.2) is 10.8 Å². The minimum Gasteiger partial charge on any atom is -0.338 e. The molecule has 0 aliphatic carbocycles. The summed E-state index contributed by atoms with van der Waals surface area (Å²) in [6, 6.07) is 0. The summed E-state index contributed by atoms with van der Waals surface area (Å²) in [6.45, 7) is 6.59. The highest BCUT2D eigenvalue weighted by Crippen LogP contribution is 2.12. The molecule has 0 radical (unpaired) electrons. The van der Waals surface area contributed by atoms with E-state index < -0.39 is 0 Å². The molecular weight excluding hydrogens is 212 g/mol. The van der Waals surface area contributed by atoms with Crippen molar-refractivity contribution in [1.29, 1.82) is 0 Å². The molecule has 0 saturated carbocycles. The maximum Gasteiger partial charge on any atom is 0.273 e. The molecule has 1 aromatic heterocycles. The summed E-state index contributed by atoms with van der Waals surface area (Å²) in [5, 5.41) is 2.03. The lowest BCUT2D eigenvalue weighted by Crippen LogP contribution is -2.30. The smallest absolute Gasteiger partial charge is 0.273 e. The maximum atomic E-state index is 11.8. The quantitative estimate of drug-likeness (QED) is 0.736. The number of ketones is 1. The van der Waals surface area contributed by atoms with Crippen molar-refractivity contribution in [3.8, 4) is 0 Å². The zero-order valence-corrected chi connectivity index (χ0v) is 9.93. The van der Waals surface area contributed by atoms with Crippen LogP contribution in [0.1, 0.15) is 41.1 Å². The Morgan fingerprint density at radius 2 is 2.00 bits per heavy atom. The summed E-state index contributed by atoms with van der Waals surface area (Å²) >= 11 is 1.22. The number of amides is 1. The molecule has 1 aromatic rings. The van der Waals surface area contributed by atoms with E-state index in [1.54, 1.807) is 10.3 Å². The van der Waals surface area contributed by atoms with Crippen molar-refractivity contribution < 1.29 is 9.59 Å². The summed E-state index contributed by atoms with van der Waals surface area (Å²) in [5.41, 5.74) is 0.369. The largest absolute Gasteiger partial charge is 0.338 e. The van der Waals surface area contributed by atoms with E-state index in [4.69, 9.17) is 0 Å². The number of hydrogen-bond donors (Lipinski definition) is 0. The Hall–Kier alpha value is -1.23. The van der Waals surface area contributed by atoms with Crippen LogP contribution in [0.15, 0.2) is 5.38 Å². The van der Waals surface area contributed by atoms with E-state index in [-0.39, 0.29) is 11.7 Å². The zero-order chi connectivity index (χ0) is 11.4. The van der Waals surface area contributed by atoms with Gasteiger partial charge >= 0.3 is 0 Å². The number of carbonyl (C=O) groups is 2. The minimum absolute atomic E-state index is 0.0985. The van der Waals surface area contributed by atoms with Crippen molar-refractivity contribution in [3.63, 3.8) is 0 Å². The van der Waals surface area contributed by atoms with Crippen LogP contribution in [0.4, 0.5) is 0 Å². The van der Waals surface area contributed by atoms with Gasteiger partial charge in [-0.15, -0.1) is 11.3 Å². The topological polar surface area (TPSA) is 50.3 Å². The van der Waals surface area contributed by atoms with Gasteiger partial charge in [0.1, 0.15) is 5.69 Å². The Morgan fingerprint density at radius 1 is 1.40 bits per heavy atom. The zero-order valence-electron chi connectivity index (χ0n) is 9.11. The van der Waals surface area contributed by atoms with E-state index in [0.717, 1.165) is 0 Å². The van der Waals surface area contributed by atoms with Crippen LogP contribution in [0, 0.1) is 0 Å². The van der Waals surface area contributed by atoms with Crippen LogP contribution >= 0.6 is 11.3 Å². The van der Waals surface area contributed by atoms with Gasteiger partial charge in [-0.1, -0.05) is 0 Å². The van der Waals surface area contributed by atoms with Crippen molar-refractivity contribution in [2.75, 3.05) is 13.1 Å². The van der Waals surface area contributed by atoms with E-state index in [2.05, 4.69) is 4.98 Å². The third-order valence-electron chi connectivity index (χ3n) is 2.08. The molecular formula is C10H14N2O2S. The third kappa shape index (κ3) is 2.62. The van der Waals surface area contributed by atoms with Gasteiger partial charge in [0.05, 0.1) is 0 Å². The van der Waals surface area contributed by atoms with Gasteiger partial charge in [-0.05, 0) is 13.8 Å². The van der Waals surface area contributed by atoms with E-state index in [1.165, 1.54) is 18.3 Å². The second-order valence-electron chi connectivity index (χ2n) is 3.07. The van der Waals surface area contributed by atoms with Crippen molar-refractivity contribution in [2.45, 2.75) is 20.8 Å². The van der Waals surface area contributed by atoms with Gasteiger partial charge in [0.2, 0.25) is 0 Å². The van der Waals surface area contributed by atoms with E-state index >= 15 is 0 Å². The molecule has 0 aliphatic heterocycles. The lowest BCUT2D eigenvalue weighted by molar-refractivity contribution is 0.0768. The van der Waals surface area contributed by atoms with Gasteiger partial charge in [-0.2, -0.15) is 0 Å². The molecule has 0 unspecified atom stereocenters. The maximum absolute atomic E-state index is 11.8. The number of nitrogens with zero attached hydrogens (tertiary/aromatic N) is 2. The molecule has 0 aliphatic rings. The van der Waals surface area contributed by atoms with Gasteiger partial charge in [0.25, 0.3) is 5.91 Å². The lowest BCUT2D eigenvalue weighted by Gasteiger charge is -2.16. The molecule has 1 amide bonds. The molecule has 0 atom stereocenters. The molecule has 82 valence electrons. The van der Waals surface area contributed by atoms with Crippen LogP contribution in [-0.4, -0.2) is 34.7 Å². The van der Waals surface area contributed by atoms with Gasteiger partial charge in [0, 0.05) is 25.4 Å². The fourth-order valence-electron chi connectivity index (χ4n) is 1.21. The number of rotatable bonds is 4. The van der Waals surface area contributed by atoms with Crippen LogP contribution in [0.5, 0.6) is 0 Å². The predicted molar refractivity (Wildman–Crippen MR) is 59.4 cm³/mol. The number of hydrogen-bond acceptors (Lipinski definition) is 4. The Balaban J connectivity index is 2.86. The Morgan fingerprint density at radius 3 is 2.40 bits per heavy atom. The highest BCUT2D eigenvalue weighted by molar-refractivity contribution is 7.11. The molecule has 0 saturated heterocycles. The molecule has 0 N–H and O–H groups in total. The average Bonchev–Trinajstić information content (AvgIpc) is 2.68. The number of thiazole rings is 1. The first-order valence-corrected chi connectivity index (χ1v) is 5.73. The van der Waals surface area contributed by atoms with E-state index in [0.29, 0.717) is 23.8 Å². The number of carbonyl (C=O) groups excluding carboxylic acids is 2. The van der Waals surface area contributed by atoms with E-state index in [9.17, 15) is 9.59 Å². The van der Waals surface area contributed by atoms with Gasteiger partial charge < -0.3 is 4.90 Å². The summed E-state index contributed by atoms with van der Waals surface area (Å²) < 4.78 is 0. The second-order valence-corrected chi connectivity index (χ2v) is 3.93. The minimum atomic E-state index is -0.108. The van der Waals surface area contributed by atoms with Crippen molar-refractivity contribution in [1.82, 2.24) is 9.88 Å². The highest BCUT2D eigenvalue weighted by atomic mass is 32.1. The summed E-state index contributed by atoms with van der Waals surface area (Å²) in [6.07, 6.45) is 0. The molecule has 0 bridgehead atoms. The SMILES string of the molecule is CCN(CC)C(=O)c1csc(C(C)=O)n1. The third-order valence-corrected chi connectivity index (χ3v) is 3.02. The fraction of sp³-hybridized carbons (Fsp3) is 0.500. The highest BCUT2D eigenvalue weighted by Gasteiger charge is 2.16. The number of aromatic nitrogens is 1. The first-order valence-electron chi connectivity index (χ1n) is 4.85. The van der Waals surface area contributed by atoms with Crippen LogP contribution in [-0.2, 0) is 0 Å². The summed E-state index contributed by atoms with van der Waals surface area (Å²) in [4.78, 5) is 28.5. The van der Waals surface area contributed by atoms with Gasteiger partial charge in [-0.25, -0.2) is 4.98 Å². The average molecular weight is 226 g/mol. The second kappa shape index (κ2) is 5.02. The Bertz CT molecular complexity index is 369. The molecule has 0 spiro atoms. The fourth-order valence-corrected chi connectivity index (χ4v) is 1.90. The number of Topliss-reactive ketones (excluding diaryl/α,β-unsaturated/α-hetero) is 1. The van der Waals surface area contributed by atoms with Crippen LogP contribution in [0.3, 0.4) is 0 Å². The molecule has 5 heteroatoms. The molecule has 1 heterocycles. The Labute approximate surface area is 92.9 Å². The predicted octanol–water partition coefficient (Wildman–Crippen LogP) is 1.83. The molecule has 1 rings (SSSR count).